The van der Waals surface area contributed by atoms with Crippen molar-refractivity contribution in [1.82, 2.24) is 5.32 Å². The van der Waals surface area contributed by atoms with E-state index in [9.17, 15) is 4.79 Å². The minimum absolute atomic E-state index is 0.0382. The van der Waals surface area contributed by atoms with Gasteiger partial charge in [-0.25, -0.2) is 0 Å². The molecule has 1 heterocycles. The van der Waals surface area contributed by atoms with Crippen LogP contribution in [0.3, 0.4) is 0 Å². The zero-order valence-electron chi connectivity index (χ0n) is 8.59. The number of nitrogens with one attached hydrogen (secondary N) is 2. The molecule has 0 unspecified atom stereocenters. The van der Waals surface area contributed by atoms with Crippen molar-refractivity contribution in [3.05, 3.63) is 27.1 Å². The Labute approximate surface area is 111 Å². The molecule has 5 heteroatoms. The number of halogens is 2. The zero-order chi connectivity index (χ0) is 11.5. The maximum Gasteiger partial charge on any atom is 0.241 e. The van der Waals surface area contributed by atoms with Crippen LogP contribution in [-0.4, -0.2) is 18.5 Å². The summed E-state index contributed by atoms with van der Waals surface area (Å²) in [5.41, 5.74) is 0.799. The molecule has 1 aromatic carbocycles. The Morgan fingerprint density at radius 2 is 2.25 bits per heavy atom. The van der Waals surface area contributed by atoms with Crippen LogP contribution in [0.5, 0.6) is 0 Å². The van der Waals surface area contributed by atoms with Gasteiger partial charge in [-0.05, 0) is 53.5 Å². The molecule has 1 aliphatic rings. The third-order valence-electron chi connectivity index (χ3n) is 2.56. The summed E-state index contributed by atoms with van der Waals surface area (Å²) in [7, 11) is 0. The Morgan fingerprint density at radius 3 is 2.94 bits per heavy atom. The molecule has 0 saturated carbocycles. The number of hydrogen-bond acceptors (Lipinski definition) is 2. The van der Waals surface area contributed by atoms with Crippen molar-refractivity contribution in [2.24, 2.45) is 0 Å². The lowest BCUT2D eigenvalue weighted by molar-refractivity contribution is -0.117. The summed E-state index contributed by atoms with van der Waals surface area (Å²) in [6.07, 6.45) is 1.98. The summed E-state index contributed by atoms with van der Waals surface area (Å²) < 4.78 is 1.84. The van der Waals surface area contributed by atoms with Gasteiger partial charge in [0, 0.05) is 8.95 Å². The third kappa shape index (κ3) is 2.84. The van der Waals surface area contributed by atoms with Crippen molar-refractivity contribution in [2.75, 3.05) is 11.9 Å². The van der Waals surface area contributed by atoms with E-state index in [1.807, 2.05) is 18.2 Å². The van der Waals surface area contributed by atoms with Gasteiger partial charge in [0.25, 0.3) is 0 Å². The molecule has 1 aliphatic heterocycles. The number of amides is 1. The van der Waals surface area contributed by atoms with Gasteiger partial charge in [0.2, 0.25) is 5.91 Å². The van der Waals surface area contributed by atoms with Gasteiger partial charge in [-0.15, -0.1) is 0 Å². The average Bonchev–Trinajstić information content (AvgIpc) is 2.76. The molecule has 86 valence electrons. The van der Waals surface area contributed by atoms with E-state index < -0.39 is 0 Å². The summed E-state index contributed by atoms with van der Waals surface area (Å²) in [5.74, 6) is 0.0382. The first kappa shape index (κ1) is 12.1. The summed E-state index contributed by atoms with van der Waals surface area (Å²) >= 11 is 6.79. The molecular formula is C11H12Br2N2O. The number of benzene rings is 1. The van der Waals surface area contributed by atoms with Gasteiger partial charge < -0.3 is 10.6 Å². The van der Waals surface area contributed by atoms with Gasteiger partial charge in [-0.1, -0.05) is 15.9 Å². The highest BCUT2D eigenvalue weighted by atomic mass is 79.9. The zero-order valence-corrected chi connectivity index (χ0v) is 11.8. The van der Waals surface area contributed by atoms with Gasteiger partial charge >= 0.3 is 0 Å². The normalized spacial score (nSPS) is 19.8. The van der Waals surface area contributed by atoms with Crippen molar-refractivity contribution < 1.29 is 4.79 Å². The van der Waals surface area contributed by atoms with Crippen molar-refractivity contribution in [3.63, 3.8) is 0 Å². The molecule has 2 rings (SSSR count). The molecule has 1 amide bonds. The standard InChI is InChI=1S/C11H12Br2N2O/c12-7-3-4-8(13)10(6-7)15-11(16)9-2-1-5-14-9/h3-4,6,9,14H,1-2,5H2,(H,15,16)/t9-/m0/s1. The Bertz CT molecular complexity index is 403. The monoisotopic (exact) mass is 346 g/mol. The molecule has 0 aromatic heterocycles. The predicted molar refractivity (Wildman–Crippen MR) is 71.5 cm³/mol. The van der Waals surface area contributed by atoms with E-state index in [-0.39, 0.29) is 11.9 Å². The largest absolute Gasteiger partial charge is 0.324 e. The fourth-order valence-corrected chi connectivity index (χ4v) is 2.43. The van der Waals surface area contributed by atoms with Gasteiger partial charge in [-0.3, -0.25) is 4.79 Å². The number of hydrogen-bond donors (Lipinski definition) is 2. The van der Waals surface area contributed by atoms with Crippen LogP contribution in [0, 0.1) is 0 Å². The molecule has 1 fully saturated rings. The fourth-order valence-electron chi connectivity index (χ4n) is 1.72. The lowest BCUT2D eigenvalue weighted by Crippen LogP contribution is -2.35. The lowest BCUT2D eigenvalue weighted by Gasteiger charge is -2.12. The number of anilines is 1. The third-order valence-corrected chi connectivity index (χ3v) is 3.75. The van der Waals surface area contributed by atoms with Crippen molar-refractivity contribution in [3.8, 4) is 0 Å². The molecule has 0 aliphatic carbocycles. The Hall–Kier alpha value is -0.390. The van der Waals surface area contributed by atoms with Crippen LogP contribution in [0.4, 0.5) is 5.69 Å². The first-order chi connectivity index (χ1) is 7.66. The van der Waals surface area contributed by atoms with Crippen molar-refractivity contribution in [1.29, 1.82) is 0 Å². The second-order valence-electron chi connectivity index (χ2n) is 3.76. The van der Waals surface area contributed by atoms with Crippen LogP contribution in [0.1, 0.15) is 12.8 Å². The summed E-state index contributed by atoms with van der Waals surface area (Å²) in [6, 6.07) is 5.66. The minimum atomic E-state index is -0.0501. The molecule has 0 radical (unpaired) electrons. The predicted octanol–water partition coefficient (Wildman–Crippen LogP) is 2.90. The lowest BCUT2D eigenvalue weighted by atomic mass is 10.2. The van der Waals surface area contributed by atoms with Crippen LogP contribution < -0.4 is 10.6 Å². The molecule has 16 heavy (non-hydrogen) atoms. The smallest absolute Gasteiger partial charge is 0.241 e. The second kappa shape index (κ2) is 5.29. The van der Waals surface area contributed by atoms with Crippen molar-refractivity contribution >= 4 is 43.5 Å². The van der Waals surface area contributed by atoms with Gasteiger partial charge in [-0.2, -0.15) is 0 Å². The molecule has 1 saturated heterocycles. The highest BCUT2D eigenvalue weighted by Gasteiger charge is 2.22. The van der Waals surface area contributed by atoms with Crippen LogP contribution in [0.25, 0.3) is 0 Å². The van der Waals surface area contributed by atoms with Crippen LogP contribution >= 0.6 is 31.9 Å². The van der Waals surface area contributed by atoms with E-state index in [1.54, 1.807) is 0 Å². The fraction of sp³-hybridized carbons (Fsp3) is 0.364. The molecule has 0 spiro atoms. The summed E-state index contributed by atoms with van der Waals surface area (Å²) in [4.78, 5) is 11.9. The maximum absolute atomic E-state index is 11.9. The van der Waals surface area contributed by atoms with Crippen LogP contribution in [-0.2, 0) is 4.79 Å². The van der Waals surface area contributed by atoms with Crippen LogP contribution in [0.2, 0.25) is 0 Å². The van der Waals surface area contributed by atoms with Gasteiger partial charge in [0.15, 0.2) is 0 Å². The van der Waals surface area contributed by atoms with Crippen LogP contribution in [0.15, 0.2) is 27.1 Å². The van der Waals surface area contributed by atoms with E-state index in [2.05, 4.69) is 42.5 Å². The van der Waals surface area contributed by atoms with E-state index in [0.29, 0.717) is 0 Å². The number of carbonyl (C=O) groups is 1. The topological polar surface area (TPSA) is 41.1 Å². The Morgan fingerprint density at radius 1 is 1.44 bits per heavy atom. The average molecular weight is 348 g/mol. The molecular weight excluding hydrogens is 336 g/mol. The maximum atomic E-state index is 11.9. The number of carbonyl (C=O) groups excluding carboxylic acids is 1. The van der Waals surface area contributed by atoms with Gasteiger partial charge in [0.1, 0.15) is 0 Å². The first-order valence-corrected chi connectivity index (χ1v) is 6.75. The molecule has 3 nitrogen and oxygen atoms in total. The minimum Gasteiger partial charge on any atom is -0.324 e. The highest BCUT2D eigenvalue weighted by Crippen LogP contribution is 2.26. The van der Waals surface area contributed by atoms with E-state index in [1.165, 1.54) is 0 Å². The molecule has 1 atom stereocenters. The van der Waals surface area contributed by atoms with Gasteiger partial charge in [0.05, 0.1) is 11.7 Å². The first-order valence-electron chi connectivity index (χ1n) is 5.16. The quantitative estimate of drug-likeness (QED) is 0.863. The molecule has 1 aromatic rings. The van der Waals surface area contributed by atoms with E-state index >= 15 is 0 Å². The van der Waals surface area contributed by atoms with E-state index in [0.717, 1.165) is 34.0 Å². The highest BCUT2D eigenvalue weighted by molar-refractivity contribution is 9.11. The number of rotatable bonds is 2. The summed E-state index contributed by atoms with van der Waals surface area (Å²) in [6.45, 7) is 0.928. The van der Waals surface area contributed by atoms with E-state index in [4.69, 9.17) is 0 Å². The second-order valence-corrected chi connectivity index (χ2v) is 5.53. The summed E-state index contributed by atoms with van der Waals surface area (Å²) in [5, 5.41) is 6.09. The SMILES string of the molecule is O=C(Nc1cc(Br)ccc1Br)[C@@H]1CCCN1. The molecule has 0 bridgehead atoms. The Kier molecular flexibility index (Phi) is 4.00. The molecule has 2 N–H and O–H groups in total. The Balaban J connectivity index is 2.07. The van der Waals surface area contributed by atoms with Crippen molar-refractivity contribution in [2.45, 2.75) is 18.9 Å².